The lowest BCUT2D eigenvalue weighted by molar-refractivity contribution is 0.0685. The van der Waals surface area contributed by atoms with E-state index in [9.17, 15) is 4.79 Å². The van der Waals surface area contributed by atoms with Crippen LogP contribution in [0.25, 0.3) is 0 Å². The molecule has 0 radical (unpaired) electrons. The maximum atomic E-state index is 12.8. The first-order chi connectivity index (χ1) is 10.6. The third-order valence-corrected chi connectivity index (χ3v) is 6.59. The van der Waals surface area contributed by atoms with E-state index in [-0.39, 0.29) is 11.9 Å². The van der Waals surface area contributed by atoms with Crippen LogP contribution >= 0.6 is 11.3 Å². The number of nitrogens with two attached hydrogens (primary N) is 1. The van der Waals surface area contributed by atoms with Gasteiger partial charge < -0.3 is 10.6 Å². The van der Waals surface area contributed by atoms with E-state index in [0.717, 1.165) is 36.5 Å². The van der Waals surface area contributed by atoms with Gasteiger partial charge >= 0.3 is 0 Å². The summed E-state index contributed by atoms with van der Waals surface area (Å²) in [6.45, 7) is 5.72. The van der Waals surface area contributed by atoms with Crippen molar-refractivity contribution in [3.05, 3.63) is 15.6 Å². The van der Waals surface area contributed by atoms with Gasteiger partial charge in [0.05, 0.1) is 10.7 Å². The van der Waals surface area contributed by atoms with Gasteiger partial charge in [0.1, 0.15) is 4.88 Å². The normalized spacial score (nSPS) is 22.2. The van der Waals surface area contributed by atoms with Gasteiger partial charge in [0.2, 0.25) is 0 Å². The molecule has 2 heterocycles. The first kappa shape index (κ1) is 15.9. The monoisotopic (exact) mass is 321 g/mol. The van der Waals surface area contributed by atoms with Crippen molar-refractivity contribution >= 4 is 17.2 Å². The number of rotatable bonds is 3. The second kappa shape index (κ2) is 6.67. The molecular weight excluding hydrogens is 294 g/mol. The number of aryl methyl sites for hydroxylation is 1. The Morgan fingerprint density at radius 3 is 2.50 bits per heavy atom. The molecule has 1 aliphatic carbocycles. The molecule has 1 unspecified atom stereocenters. The van der Waals surface area contributed by atoms with Crippen molar-refractivity contribution in [1.29, 1.82) is 0 Å². The SMILES string of the molecule is Cc1nc(C2CCCC2)sc1C(=O)N1CCC(C(C)N)CC1. The van der Waals surface area contributed by atoms with Crippen LogP contribution in [-0.4, -0.2) is 34.9 Å². The molecule has 0 bridgehead atoms. The van der Waals surface area contributed by atoms with Gasteiger partial charge in [0, 0.05) is 25.0 Å². The Kier molecular flexibility index (Phi) is 4.83. The lowest BCUT2D eigenvalue weighted by Gasteiger charge is -2.33. The van der Waals surface area contributed by atoms with Crippen LogP contribution in [0, 0.1) is 12.8 Å². The number of hydrogen-bond donors (Lipinski definition) is 1. The summed E-state index contributed by atoms with van der Waals surface area (Å²) < 4.78 is 0. The van der Waals surface area contributed by atoms with Crippen molar-refractivity contribution in [1.82, 2.24) is 9.88 Å². The average molecular weight is 321 g/mol. The van der Waals surface area contributed by atoms with Crippen LogP contribution < -0.4 is 5.73 Å². The molecule has 22 heavy (non-hydrogen) atoms. The third kappa shape index (κ3) is 3.20. The predicted molar refractivity (Wildman–Crippen MR) is 90.3 cm³/mol. The average Bonchev–Trinajstić information content (AvgIpc) is 3.16. The highest BCUT2D eigenvalue weighted by molar-refractivity contribution is 7.13. The highest BCUT2D eigenvalue weighted by Gasteiger charge is 2.29. The molecule has 1 atom stereocenters. The van der Waals surface area contributed by atoms with E-state index < -0.39 is 0 Å². The van der Waals surface area contributed by atoms with Gasteiger partial charge in [0.25, 0.3) is 5.91 Å². The predicted octanol–water partition coefficient (Wildman–Crippen LogP) is 3.31. The zero-order valence-electron chi connectivity index (χ0n) is 13.7. The Balaban J connectivity index is 1.67. The van der Waals surface area contributed by atoms with Gasteiger partial charge in [-0.15, -0.1) is 11.3 Å². The quantitative estimate of drug-likeness (QED) is 0.929. The summed E-state index contributed by atoms with van der Waals surface area (Å²) in [7, 11) is 0. The highest BCUT2D eigenvalue weighted by atomic mass is 32.1. The first-order valence-electron chi connectivity index (χ1n) is 8.58. The first-order valence-corrected chi connectivity index (χ1v) is 9.40. The lowest BCUT2D eigenvalue weighted by Crippen LogP contribution is -2.42. The van der Waals surface area contributed by atoms with Crippen LogP contribution in [0.2, 0.25) is 0 Å². The Morgan fingerprint density at radius 2 is 1.91 bits per heavy atom. The molecular formula is C17H27N3OS. The summed E-state index contributed by atoms with van der Waals surface area (Å²) in [5, 5.41) is 1.18. The molecule has 2 N–H and O–H groups in total. The number of thiazole rings is 1. The minimum absolute atomic E-state index is 0.183. The number of amides is 1. The topological polar surface area (TPSA) is 59.2 Å². The van der Waals surface area contributed by atoms with Crippen LogP contribution in [0.5, 0.6) is 0 Å². The minimum Gasteiger partial charge on any atom is -0.338 e. The second-order valence-electron chi connectivity index (χ2n) is 6.94. The maximum absolute atomic E-state index is 12.8. The summed E-state index contributed by atoms with van der Waals surface area (Å²) in [5.74, 6) is 1.33. The molecule has 0 aromatic carbocycles. The molecule has 1 saturated carbocycles. The standard InChI is InChI=1S/C17H27N3OS/c1-11(18)13-7-9-20(10-8-13)17(21)15-12(2)19-16(22-15)14-5-3-4-6-14/h11,13-14H,3-10,18H2,1-2H3. The fraction of sp³-hybridized carbons (Fsp3) is 0.765. The summed E-state index contributed by atoms with van der Waals surface area (Å²) in [6, 6.07) is 0.233. The molecule has 122 valence electrons. The van der Waals surface area contributed by atoms with Gasteiger partial charge in [-0.3, -0.25) is 4.79 Å². The van der Waals surface area contributed by atoms with E-state index in [1.807, 2.05) is 11.8 Å². The molecule has 1 aromatic heterocycles. The molecule has 1 aliphatic heterocycles. The van der Waals surface area contributed by atoms with Gasteiger partial charge in [-0.05, 0) is 45.4 Å². The summed E-state index contributed by atoms with van der Waals surface area (Å²) in [4.78, 5) is 20.4. The van der Waals surface area contributed by atoms with Gasteiger partial charge in [-0.2, -0.15) is 0 Å². The molecule has 1 aromatic rings. The van der Waals surface area contributed by atoms with Crippen molar-refractivity contribution in [2.45, 2.75) is 64.3 Å². The Morgan fingerprint density at radius 1 is 1.27 bits per heavy atom. The Labute approximate surface area is 137 Å². The van der Waals surface area contributed by atoms with Gasteiger partial charge in [-0.25, -0.2) is 4.98 Å². The maximum Gasteiger partial charge on any atom is 0.265 e. The fourth-order valence-electron chi connectivity index (χ4n) is 3.74. The largest absolute Gasteiger partial charge is 0.338 e. The fourth-order valence-corrected chi connectivity index (χ4v) is 4.94. The molecule has 3 rings (SSSR count). The number of carbonyl (C=O) groups excluding carboxylic acids is 1. The molecule has 2 fully saturated rings. The lowest BCUT2D eigenvalue weighted by atomic mass is 9.91. The molecule has 1 amide bonds. The molecule has 1 saturated heterocycles. The van der Waals surface area contributed by atoms with Crippen LogP contribution in [-0.2, 0) is 0 Å². The third-order valence-electron chi connectivity index (χ3n) is 5.28. The highest BCUT2D eigenvalue weighted by Crippen LogP contribution is 2.37. The number of hydrogen-bond acceptors (Lipinski definition) is 4. The smallest absolute Gasteiger partial charge is 0.265 e. The zero-order valence-corrected chi connectivity index (χ0v) is 14.5. The van der Waals surface area contributed by atoms with E-state index in [0.29, 0.717) is 11.8 Å². The Bertz CT molecular complexity index is 526. The van der Waals surface area contributed by atoms with Crippen molar-refractivity contribution in [2.75, 3.05) is 13.1 Å². The van der Waals surface area contributed by atoms with E-state index in [1.54, 1.807) is 11.3 Å². The second-order valence-corrected chi connectivity index (χ2v) is 7.97. The van der Waals surface area contributed by atoms with E-state index in [1.165, 1.54) is 30.7 Å². The van der Waals surface area contributed by atoms with Gasteiger partial charge in [0.15, 0.2) is 0 Å². The Hall–Kier alpha value is -0.940. The summed E-state index contributed by atoms with van der Waals surface area (Å²) in [5.41, 5.74) is 6.91. The van der Waals surface area contributed by atoms with E-state index in [4.69, 9.17) is 10.7 Å². The molecule has 0 spiro atoms. The number of piperidine rings is 1. The number of aromatic nitrogens is 1. The van der Waals surface area contributed by atoms with Crippen LogP contribution in [0.15, 0.2) is 0 Å². The molecule has 2 aliphatic rings. The van der Waals surface area contributed by atoms with Crippen LogP contribution in [0.3, 0.4) is 0 Å². The molecule has 5 heteroatoms. The van der Waals surface area contributed by atoms with Crippen molar-refractivity contribution in [2.24, 2.45) is 11.7 Å². The van der Waals surface area contributed by atoms with Crippen molar-refractivity contribution in [3.63, 3.8) is 0 Å². The van der Waals surface area contributed by atoms with E-state index >= 15 is 0 Å². The zero-order chi connectivity index (χ0) is 15.7. The van der Waals surface area contributed by atoms with Crippen molar-refractivity contribution in [3.8, 4) is 0 Å². The number of carbonyl (C=O) groups is 1. The summed E-state index contributed by atoms with van der Waals surface area (Å²) >= 11 is 1.64. The van der Waals surface area contributed by atoms with Crippen LogP contribution in [0.4, 0.5) is 0 Å². The van der Waals surface area contributed by atoms with Crippen LogP contribution in [0.1, 0.15) is 71.7 Å². The number of nitrogens with zero attached hydrogens (tertiary/aromatic N) is 2. The van der Waals surface area contributed by atoms with Gasteiger partial charge in [-0.1, -0.05) is 12.8 Å². The van der Waals surface area contributed by atoms with E-state index in [2.05, 4.69) is 6.92 Å². The number of likely N-dealkylation sites (tertiary alicyclic amines) is 1. The van der Waals surface area contributed by atoms with Crippen molar-refractivity contribution < 1.29 is 4.79 Å². The molecule has 4 nitrogen and oxygen atoms in total. The summed E-state index contributed by atoms with van der Waals surface area (Å²) in [6.07, 6.45) is 7.13. The minimum atomic E-state index is 0.183.